The molecule has 64 valence electrons. The van der Waals surface area contributed by atoms with E-state index in [2.05, 4.69) is 0 Å². The van der Waals surface area contributed by atoms with E-state index < -0.39 is 0 Å². The van der Waals surface area contributed by atoms with Crippen molar-refractivity contribution in [1.29, 1.82) is 0 Å². The molecule has 0 unspecified atom stereocenters. The second kappa shape index (κ2) is 2.75. The van der Waals surface area contributed by atoms with Gasteiger partial charge in [0.1, 0.15) is 0 Å². The van der Waals surface area contributed by atoms with Gasteiger partial charge in [-0.05, 0) is 18.9 Å². The number of hydrogen-bond donors (Lipinski definition) is 1. The van der Waals surface area contributed by atoms with Gasteiger partial charge in [0.2, 0.25) is 0 Å². The molecule has 0 radical (unpaired) electrons. The van der Waals surface area contributed by atoms with Gasteiger partial charge in [-0.3, -0.25) is 0 Å². The molecule has 1 heterocycles. The highest BCUT2D eigenvalue weighted by molar-refractivity contribution is 5.22. The van der Waals surface area contributed by atoms with Gasteiger partial charge < -0.3 is 10.9 Å². The molecule has 12 heavy (non-hydrogen) atoms. The van der Waals surface area contributed by atoms with Crippen LogP contribution in [0.3, 0.4) is 0 Å². The van der Waals surface area contributed by atoms with Crippen LogP contribution in [-0.4, -0.2) is 0 Å². The zero-order valence-corrected chi connectivity index (χ0v) is 6.86. The first-order valence-electron chi connectivity index (χ1n) is 4.25. The Morgan fingerprint density at radius 1 is 1.58 bits per heavy atom. The molecule has 3 heteroatoms. The van der Waals surface area contributed by atoms with Gasteiger partial charge in [0.05, 0.1) is 0 Å². The summed E-state index contributed by atoms with van der Waals surface area (Å²) in [6.07, 6.45) is 4.43. The van der Waals surface area contributed by atoms with Crippen molar-refractivity contribution in [2.75, 3.05) is 0 Å². The molecule has 0 saturated carbocycles. The lowest BCUT2D eigenvalue weighted by molar-refractivity contribution is -0.615. The second-order valence-corrected chi connectivity index (χ2v) is 3.23. The van der Waals surface area contributed by atoms with Gasteiger partial charge in [0.25, 0.3) is 0 Å². The summed E-state index contributed by atoms with van der Waals surface area (Å²) in [7, 11) is 0. The van der Waals surface area contributed by atoms with E-state index in [1.807, 2.05) is 6.07 Å². The number of fused-ring (bicyclic) bond motifs is 1. The van der Waals surface area contributed by atoms with Crippen LogP contribution in [0.1, 0.15) is 30.1 Å². The summed E-state index contributed by atoms with van der Waals surface area (Å²) in [6.45, 7) is 0. The van der Waals surface area contributed by atoms with Gasteiger partial charge in [0.15, 0.2) is 11.9 Å². The topological polar surface area (TPSA) is 53.0 Å². The van der Waals surface area contributed by atoms with E-state index in [9.17, 15) is 5.21 Å². The highest BCUT2D eigenvalue weighted by Gasteiger charge is 2.22. The average Bonchev–Trinajstić information content (AvgIpc) is 2.07. The average molecular weight is 164 g/mol. The third-order valence-corrected chi connectivity index (χ3v) is 2.42. The van der Waals surface area contributed by atoms with E-state index in [0.717, 1.165) is 35.3 Å². The van der Waals surface area contributed by atoms with Crippen LogP contribution in [0.25, 0.3) is 0 Å². The molecule has 0 bridgehead atoms. The maximum absolute atomic E-state index is 11.3. The van der Waals surface area contributed by atoms with E-state index in [1.54, 1.807) is 6.07 Å². The Hall–Kier alpha value is -1.09. The fraction of sp³-hybridized carbons (Fsp3) is 0.444. The van der Waals surface area contributed by atoms with Crippen molar-refractivity contribution in [3.63, 3.8) is 0 Å². The van der Waals surface area contributed by atoms with E-state index in [-0.39, 0.29) is 6.04 Å². The number of rotatable bonds is 0. The Labute approximate surface area is 71.4 Å². The minimum Gasteiger partial charge on any atom is -0.618 e. The molecule has 2 rings (SSSR count). The van der Waals surface area contributed by atoms with Crippen LogP contribution in [0.2, 0.25) is 0 Å². The normalized spacial score (nSPS) is 21.9. The van der Waals surface area contributed by atoms with E-state index >= 15 is 0 Å². The quantitative estimate of drug-likeness (QED) is 0.452. The van der Waals surface area contributed by atoms with Crippen LogP contribution in [-0.2, 0) is 6.42 Å². The molecule has 1 aromatic heterocycles. The highest BCUT2D eigenvalue weighted by atomic mass is 16.5. The molecular formula is C9H12N2O. The van der Waals surface area contributed by atoms with Crippen LogP contribution >= 0.6 is 0 Å². The Bertz CT molecular complexity index is 299. The molecule has 0 aliphatic heterocycles. The summed E-state index contributed by atoms with van der Waals surface area (Å²) in [6, 6.07) is 3.78. The van der Waals surface area contributed by atoms with Crippen LogP contribution < -0.4 is 10.5 Å². The molecule has 0 amide bonds. The second-order valence-electron chi connectivity index (χ2n) is 3.23. The molecule has 1 atom stereocenters. The molecular weight excluding hydrogens is 152 g/mol. The number of nitrogens with two attached hydrogens (primary N) is 1. The standard InChI is InChI=1S/C9H12N2O/c10-8-4-1-5-9-7(8)3-2-6-11(9)12/h2-3,6,8H,1,4-5,10H2/t8-/m0/s1. The fourth-order valence-corrected chi connectivity index (χ4v) is 1.78. The smallest absolute Gasteiger partial charge is 0.197 e. The number of aromatic nitrogens is 1. The first-order chi connectivity index (χ1) is 5.79. The molecule has 2 N–H and O–H groups in total. The van der Waals surface area contributed by atoms with Crippen molar-refractivity contribution in [3.8, 4) is 0 Å². The van der Waals surface area contributed by atoms with Crippen LogP contribution in [0.5, 0.6) is 0 Å². The predicted octanol–water partition coefficient (Wildman–Crippen LogP) is 0.656. The number of nitrogens with zero attached hydrogens (tertiary/aromatic N) is 1. The molecule has 0 saturated heterocycles. The highest BCUT2D eigenvalue weighted by Crippen LogP contribution is 2.24. The summed E-state index contributed by atoms with van der Waals surface area (Å²) in [5.74, 6) is 0. The first kappa shape index (κ1) is 7.55. The molecule has 3 nitrogen and oxygen atoms in total. The zero-order chi connectivity index (χ0) is 8.55. The van der Waals surface area contributed by atoms with Gasteiger partial charge in [-0.1, -0.05) is 0 Å². The molecule has 0 fully saturated rings. The number of hydrogen-bond acceptors (Lipinski definition) is 2. The van der Waals surface area contributed by atoms with Crippen molar-refractivity contribution in [2.45, 2.75) is 25.3 Å². The summed E-state index contributed by atoms with van der Waals surface area (Å²) in [4.78, 5) is 0. The largest absolute Gasteiger partial charge is 0.618 e. The summed E-state index contributed by atoms with van der Waals surface area (Å²) < 4.78 is 0.939. The summed E-state index contributed by atoms with van der Waals surface area (Å²) >= 11 is 0. The Morgan fingerprint density at radius 3 is 3.17 bits per heavy atom. The van der Waals surface area contributed by atoms with Crippen molar-refractivity contribution >= 4 is 0 Å². The van der Waals surface area contributed by atoms with Gasteiger partial charge in [0, 0.05) is 24.1 Å². The van der Waals surface area contributed by atoms with E-state index in [0.29, 0.717) is 0 Å². The fourth-order valence-electron chi connectivity index (χ4n) is 1.78. The molecule has 0 spiro atoms. The van der Waals surface area contributed by atoms with Crippen LogP contribution in [0.4, 0.5) is 0 Å². The van der Waals surface area contributed by atoms with Gasteiger partial charge in [-0.2, -0.15) is 4.73 Å². The lowest BCUT2D eigenvalue weighted by atomic mass is 9.92. The van der Waals surface area contributed by atoms with E-state index in [4.69, 9.17) is 5.73 Å². The Morgan fingerprint density at radius 2 is 2.42 bits per heavy atom. The molecule has 1 aliphatic carbocycles. The van der Waals surface area contributed by atoms with Crippen molar-refractivity contribution in [1.82, 2.24) is 0 Å². The van der Waals surface area contributed by atoms with Crippen LogP contribution in [0, 0.1) is 5.21 Å². The maximum Gasteiger partial charge on any atom is 0.197 e. The summed E-state index contributed by atoms with van der Waals surface area (Å²) in [5.41, 5.74) is 7.75. The lowest BCUT2D eigenvalue weighted by Crippen LogP contribution is -2.36. The third kappa shape index (κ3) is 1.06. The monoisotopic (exact) mass is 164 g/mol. The Balaban J connectivity index is 2.52. The molecule has 1 aliphatic rings. The van der Waals surface area contributed by atoms with Crippen molar-refractivity contribution in [2.24, 2.45) is 5.73 Å². The SMILES string of the molecule is N[C@H]1CCCc2c1ccc[n+]2[O-]. The third-order valence-electron chi connectivity index (χ3n) is 2.42. The maximum atomic E-state index is 11.3. The van der Waals surface area contributed by atoms with Crippen molar-refractivity contribution < 1.29 is 4.73 Å². The van der Waals surface area contributed by atoms with Gasteiger partial charge in [-0.25, -0.2) is 0 Å². The molecule has 1 aromatic rings. The van der Waals surface area contributed by atoms with Crippen LogP contribution in [0.15, 0.2) is 18.3 Å². The Kier molecular flexibility index (Phi) is 1.73. The molecule has 0 aromatic carbocycles. The zero-order valence-electron chi connectivity index (χ0n) is 6.86. The van der Waals surface area contributed by atoms with Gasteiger partial charge in [-0.15, -0.1) is 0 Å². The first-order valence-corrected chi connectivity index (χ1v) is 4.25. The summed E-state index contributed by atoms with van der Waals surface area (Å²) in [5, 5.41) is 11.3. The minimum atomic E-state index is 0.0650. The van der Waals surface area contributed by atoms with Crippen molar-refractivity contribution in [3.05, 3.63) is 34.8 Å². The predicted molar refractivity (Wildman–Crippen MR) is 45.3 cm³/mol. The number of pyridine rings is 1. The minimum absolute atomic E-state index is 0.0650. The van der Waals surface area contributed by atoms with E-state index in [1.165, 1.54) is 6.20 Å². The lowest BCUT2D eigenvalue weighted by Gasteiger charge is -2.19. The van der Waals surface area contributed by atoms with Gasteiger partial charge >= 0.3 is 0 Å².